The van der Waals surface area contributed by atoms with Crippen molar-refractivity contribution in [1.82, 2.24) is 0 Å². The standard InChI is InChI=1S/C8H10ClNOS/c1-7-2-4-8(5-3-7)12(10,11)6-9/h2-5,10H,6H2,1H3. The molecule has 1 atom stereocenters. The van der Waals surface area contributed by atoms with Gasteiger partial charge in [0.2, 0.25) is 0 Å². The van der Waals surface area contributed by atoms with Crippen LogP contribution in [-0.4, -0.2) is 9.42 Å². The molecule has 1 aromatic rings. The average molecular weight is 204 g/mol. The Morgan fingerprint density at radius 3 is 2.33 bits per heavy atom. The third kappa shape index (κ3) is 1.99. The molecule has 0 aliphatic rings. The van der Waals surface area contributed by atoms with Gasteiger partial charge in [0, 0.05) is 4.90 Å². The van der Waals surface area contributed by atoms with Crippen molar-refractivity contribution in [3.05, 3.63) is 29.8 Å². The minimum atomic E-state index is -2.75. The fourth-order valence-electron chi connectivity index (χ4n) is 0.821. The van der Waals surface area contributed by atoms with Crippen LogP contribution >= 0.6 is 11.6 Å². The van der Waals surface area contributed by atoms with Gasteiger partial charge in [-0.1, -0.05) is 17.7 Å². The minimum absolute atomic E-state index is 0.143. The van der Waals surface area contributed by atoms with Gasteiger partial charge in [-0.15, -0.1) is 11.6 Å². The molecule has 4 heteroatoms. The average Bonchev–Trinajstić information content (AvgIpc) is 2.05. The second kappa shape index (κ2) is 3.46. The van der Waals surface area contributed by atoms with Gasteiger partial charge >= 0.3 is 0 Å². The van der Waals surface area contributed by atoms with Crippen molar-refractivity contribution in [2.75, 3.05) is 5.21 Å². The molecule has 2 nitrogen and oxygen atoms in total. The lowest BCUT2D eigenvalue weighted by Gasteiger charge is -2.02. The second-order valence-electron chi connectivity index (χ2n) is 2.60. The zero-order valence-electron chi connectivity index (χ0n) is 6.71. The topological polar surface area (TPSA) is 40.9 Å². The van der Waals surface area contributed by atoms with Gasteiger partial charge < -0.3 is 0 Å². The Bertz CT molecular complexity index is 355. The molecule has 0 spiro atoms. The van der Waals surface area contributed by atoms with Gasteiger partial charge in [-0.2, -0.15) is 0 Å². The Morgan fingerprint density at radius 1 is 1.42 bits per heavy atom. The Kier molecular flexibility index (Phi) is 2.75. The highest BCUT2D eigenvalue weighted by Gasteiger charge is 2.06. The molecule has 1 aromatic carbocycles. The van der Waals surface area contributed by atoms with Gasteiger partial charge in [-0.3, -0.25) is 0 Å². The molecule has 66 valence electrons. The van der Waals surface area contributed by atoms with E-state index in [1.807, 2.05) is 19.1 Å². The first kappa shape index (κ1) is 9.55. The lowest BCUT2D eigenvalue weighted by molar-refractivity contribution is 0.678. The van der Waals surface area contributed by atoms with Crippen LogP contribution in [0.15, 0.2) is 29.2 Å². The van der Waals surface area contributed by atoms with E-state index < -0.39 is 9.73 Å². The molecule has 0 radical (unpaired) electrons. The van der Waals surface area contributed by atoms with Gasteiger partial charge in [0.1, 0.15) is 5.21 Å². The molecule has 0 heterocycles. The Morgan fingerprint density at radius 2 is 1.92 bits per heavy atom. The number of nitrogens with one attached hydrogen (secondary N) is 1. The largest absolute Gasteiger partial charge is 0.248 e. The molecule has 12 heavy (non-hydrogen) atoms. The summed E-state index contributed by atoms with van der Waals surface area (Å²) in [5.74, 6) is 0. The summed E-state index contributed by atoms with van der Waals surface area (Å²) in [6.45, 7) is 1.94. The number of rotatable bonds is 2. The van der Waals surface area contributed by atoms with E-state index in [-0.39, 0.29) is 5.21 Å². The van der Waals surface area contributed by atoms with Gasteiger partial charge in [-0.05, 0) is 19.1 Å². The third-order valence-electron chi connectivity index (χ3n) is 1.56. The summed E-state index contributed by atoms with van der Waals surface area (Å²) in [6.07, 6.45) is 0. The zero-order chi connectivity index (χ0) is 9.19. The summed E-state index contributed by atoms with van der Waals surface area (Å²) in [4.78, 5) is 0.503. The molecule has 0 aromatic heterocycles. The summed E-state index contributed by atoms with van der Waals surface area (Å²) in [5.41, 5.74) is 1.09. The van der Waals surface area contributed by atoms with Crippen molar-refractivity contribution in [2.45, 2.75) is 11.8 Å². The van der Waals surface area contributed by atoms with Crippen LogP contribution in [0.2, 0.25) is 0 Å². The zero-order valence-corrected chi connectivity index (χ0v) is 8.28. The van der Waals surface area contributed by atoms with Crippen molar-refractivity contribution in [3.63, 3.8) is 0 Å². The molecule has 0 saturated carbocycles. The quantitative estimate of drug-likeness (QED) is 0.738. The molecule has 0 aliphatic heterocycles. The minimum Gasteiger partial charge on any atom is -0.248 e. The molecule has 1 N–H and O–H groups in total. The normalized spacial score (nSPS) is 15.5. The number of alkyl halides is 1. The lowest BCUT2D eigenvalue weighted by atomic mass is 10.2. The van der Waals surface area contributed by atoms with E-state index in [2.05, 4.69) is 0 Å². The van der Waals surface area contributed by atoms with Gasteiger partial charge in [0.15, 0.2) is 0 Å². The fourth-order valence-corrected chi connectivity index (χ4v) is 1.90. The van der Waals surface area contributed by atoms with E-state index >= 15 is 0 Å². The maximum atomic E-state index is 11.4. The third-order valence-corrected chi connectivity index (χ3v) is 3.82. The number of halogens is 1. The number of benzene rings is 1. The maximum absolute atomic E-state index is 11.4. The van der Waals surface area contributed by atoms with Gasteiger partial charge in [-0.25, -0.2) is 8.99 Å². The van der Waals surface area contributed by atoms with Crippen LogP contribution in [-0.2, 0) is 9.73 Å². The van der Waals surface area contributed by atoms with E-state index in [0.717, 1.165) is 5.56 Å². The molecule has 1 unspecified atom stereocenters. The van der Waals surface area contributed by atoms with Crippen molar-refractivity contribution in [3.8, 4) is 0 Å². The highest BCUT2D eigenvalue weighted by atomic mass is 35.5. The van der Waals surface area contributed by atoms with Crippen LogP contribution in [0.25, 0.3) is 0 Å². The molecular formula is C8H10ClNOS. The molecule has 0 bridgehead atoms. The predicted molar refractivity (Wildman–Crippen MR) is 51.0 cm³/mol. The molecule has 0 aliphatic carbocycles. The number of aryl methyl sites for hydroxylation is 1. The first-order chi connectivity index (χ1) is 5.56. The number of hydrogen-bond acceptors (Lipinski definition) is 2. The highest BCUT2D eigenvalue weighted by Crippen LogP contribution is 2.13. The maximum Gasteiger partial charge on any atom is 0.110 e. The Labute approximate surface area is 77.5 Å². The smallest absolute Gasteiger partial charge is 0.110 e. The van der Waals surface area contributed by atoms with Crippen LogP contribution in [0.4, 0.5) is 0 Å². The van der Waals surface area contributed by atoms with E-state index in [1.54, 1.807) is 12.1 Å². The fraction of sp³-hybridized carbons (Fsp3) is 0.250. The molecule has 0 saturated heterocycles. The second-order valence-corrected chi connectivity index (χ2v) is 5.29. The SMILES string of the molecule is Cc1ccc(S(=N)(=O)CCl)cc1. The number of hydrogen-bond donors (Lipinski definition) is 1. The van der Waals surface area contributed by atoms with Crippen molar-refractivity contribution < 1.29 is 4.21 Å². The van der Waals surface area contributed by atoms with Crippen LogP contribution in [0, 0.1) is 11.7 Å². The molecule has 0 amide bonds. The van der Waals surface area contributed by atoms with E-state index in [4.69, 9.17) is 16.4 Å². The molecule has 1 rings (SSSR count). The summed E-state index contributed by atoms with van der Waals surface area (Å²) < 4.78 is 18.8. The monoisotopic (exact) mass is 203 g/mol. The first-order valence-electron chi connectivity index (χ1n) is 3.45. The van der Waals surface area contributed by atoms with Crippen LogP contribution in [0.1, 0.15) is 5.56 Å². The Hall–Kier alpha value is -0.540. The van der Waals surface area contributed by atoms with Crippen LogP contribution in [0.3, 0.4) is 0 Å². The van der Waals surface area contributed by atoms with Gasteiger partial charge in [0.25, 0.3) is 0 Å². The summed E-state index contributed by atoms with van der Waals surface area (Å²) >= 11 is 5.40. The molecular weight excluding hydrogens is 194 g/mol. The Balaban J connectivity index is 3.14. The predicted octanol–water partition coefficient (Wildman–Crippen LogP) is 2.60. The van der Waals surface area contributed by atoms with E-state index in [0.29, 0.717) is 4.90 Å². The van der Waals surface area contributed by atoms with E-state index in [1.165, 1.54) is 0 Å². The molecule has 0 fully saturated rings. The van der Waals surface area contributed by atoms with Crippen molar-refractivity contribution in [1.29, 1.82) is 4.78 Å². The van der Waals surface area contributed by atoms with Crippen LogP contribution in [0.5, 0.6) is 0 Å². The summed E-state index contributed by atoms with van der Waals surface area (Å²) in [7, 11) is -2.75. The summed E-state index contributed by atoms with van der Waals surface area (Å²) in [5, 5.41) is -0.143. The first-order valence-corrected chi connectivity index (χ1v) is 5.71. The van der Waals surface area contributed by atoms with Gasteiger partial charge in [0.05, 0.1) is 9.73 Å². The lowest BCUT2D eigenvalue weighted by Crippen LogP contribution is -1.99. The van der Waals surface area contributed by atoms with Crippen LogP contribution < -0.4 is 0 Å². The van der Waals surface area contributed by atoms with Crippen molar-refractivity contribution >= 4 is 21.3 Å². The van der Waals surface area contributed by atoms with Crippen molar-refractivity contribution in [2.24, 2.45) is 0 Å². The highest BCUT2D eigenvalue weighted by molar-refractivity contribution is 7.93. The summed E-state index contributed by atoms with van der Waals surface area (Å²) in [6, 6.07) is 7.03. The van der Waals surface area contributed by atoms with E-state index in [9.17, 15) is 4.21 Å².